The Labute approximate surface area is 106 Å². The second kappa shape index (κ2) is 6.05. The van der Waals surface area contributed by atoms with Gasteiger partial charge in [-0.15, -0.1) is 0 Å². The summed E-state index contributed by atoms with van der Waals surface area (Å²) in [6.07, 6.45) is -0.573. The molecule has 1 rings (SSSR count). The summed E-state index contributed by atoms with van der Waals surface area (Å²) in [5, 5.41) is 2.56. The minimum atomic E-state index is -0.573. The molecule has 0 saturated carbocycles. The molecule has 0 aliphatic carbocycles. The molecule has 0 fully saturated rings. The van der Waals surface area contributed by atoms with Crippen LogP contribution in [0.4, 0.5) is 10.5 Å². The second-order valence-corrected chi connectivity index (χ2v) is 3.90. The fourth-order valence-electron chi connectivity index (χ4n) is 1.60. The van der Waals surface area contributed by atoms with Crippen molar-refractivity contribution in [3.05, 3.63) is 23.3 Å². The standard InChI is InChI=1S/C13H17NO4/c1-5-17-13(16)14-11-7-8(2)6-9(3)12(11)18-10(4)15/h6-7H,5H2,1-4H3,(H,14,16). The van der Waals surface area contributed by atoms with E-state index < -0.39 is 12.1 Å². The number of rotatable bonds is 3. The van der Waals surface area contributed by atoms with Crippen LogP contribution in [0.1, 0.15) is 25.0 Å². The summed E-state index contributed by atoms with van der Waals surface area (Å²) >= 11 is 0. The zero-order chi connectivity index (χ0) is 13.7. The van der Waals surface area contributed by atoms with Gasteiger partial charge in [-0.2, -0.15) is 0 Å². The van der Waals surface area contributed by atoms with Gasteiger partial charge in [0, 0.05) is 6.92 Å². The lowest BCUT2D eigenvalue weighted by molar-refractivity contribution is -0.131. The van der Waals surface area contributed by atoms with Crippen LogP contribution in [0.3, 0.4) is 0 Å². The monoisotopic (exact) mass is 251 g/mol. The normalized spacial score (nSPS) is 9.78. The number of ether oxygens (including phenoxy) is 2. The van der Waals surface area contributed by atoms with E-state index in [0.717, 1.165) is 11.1 Å². The number of anilines is 1. The first-order valence-electron chi connectivity index (χ1n) is 5.67. The van der Waals surface area contributed by atoms with Crippen molar-refractivity contribution in [2.75, 3.05) is 11.9 Å². The molecule has 0 unspecified atom stereocenters. The molecule has 18 heavy (non-hydrogen) atoms. The first-order valence-corrected chi connectivity index (χ1v) is 5.67. The zero-order valence-corrected chi connectivity index (χ0v) is 11.0. The molecule has 1 aromatic rings. The van der Waals surface area contributed by atoms with Crippen molar-refractivity contribution in [2.45, 2.75) is 27.7 Å². The highest BCUT2D eigenvalue weighted by Crippen LogP contribution is 2.30. The average Bonchev–Trinajstić information content (AvgIpc) is 2.23. The van der Waals surface area contributed by atoms with Crippen LogP contribution in [0.15, 0.2) is 12.1 Å². The Balaban J connectivity index is 3.06. The highest BCUT2D eigenvalue weighted by molar-refractivity contribution is 5.88. The molecular formula is C13H17NO4. The Hall–Kier alpha value is -2.04. The Morgan fingerprint density at radius 3 is 2.50 bits per heavy atom. The highest BCUT2D eigenvalue weighted by Gasteiger charge is 2.13. The maximum atomic E-state index is 11.4. The van der Waals surface area contributed by atoms with E-state index in [1.165, 1.54) is 6.92 Å². The van der Waals surface area contributed by atoms with E-state index in [4.69, 9.17) is 9.47 Å². The van der Waals surface area contributed by atoms with Crippen molar-refractivity contribution in [1.29, 1.82) is 0 Å². The molecule has 0 aliphatic heterocycles. The molecular weight excluding hydrogens is 234 g/mol. The second-order valence-electron chi connectivity index (χ2n) is 3.90. The molecule has 0 spiro atoms. The first-order chi connectivity index (χ1) is 8.43. The van der Waals surface area contributed by atoms with E-state index >= 15 is 0 Å². The van der Waals surface area contributed by atoms with Gasteiger partial charge in [-0.3, -0.25) is 10.1 Å². The summed E-state index contributed by atoms with van der Waals surface area (Å²) < 4.78 is 9.90. The van der Waals surface area contributed by atoms with Crippen LogP contribution in [0.25, 0.3) is 0 Å². The minimum absolute atomic E-state index is 0.277. The van der Waals surface area contributed by atoms with E-state index in [9.17, 15) is 9.59 Å². The molecule has 0 radical (unpaired) electrons. The lowest BCUT2D eigenvalue weighted by atomic mass is 10.1. The Bertz CT molecular complexity index is 468. The number of aryl methyl sites for hydroxylation is 2. The third kappa shape index (κ3) is 3.76. The summed E-state index contributed by atoms with van der Waals surface area (Å²) in [6, 6.07) is 3.59. The van der Waals surface area contributed by atoms with E-state index in [0.29, 0.717) is 11.4 Å². The Kier molecular flexibility index (Phi) is 4.71. The molecule has 5 heteroatoms. The highest BCUT2D eigenvalue weighted by atomic mass is 16.6. The molecule has 1 amide bonds. The third-order valence-corrected chi connectivity index (χ3v) is 2.18. The third-order valence-electron chi connectivity index (χ3n) is 2.18. The fraction of sp³-hybridized carbons (Fsp3) is 0.385. The van der Waals surface area contributed by atoms with Crippen molar-refractivity contribution in [3.8, 4) is 5.75 Å². The summed E-state index contributed by atoms with van der Waals surface area (Å²) in [6.45, 7) is 7.00. The minimum Gasteiger partial charge on any atom is -0.450 e. The Morgan fingerprint density at radius 1 is 1.28 bits per heavy atom. The first kappa shape index (κ1) is 14.0. The van der Waals surface area contributed by atoms with Gasteiger partial charge in [0.05, 0.1) is 12.3 Å². The molecule has 5 nitrogen and oxygen atoms in total. The average molecular weight is 251 g/mol. The number of carbonyl (C=O) groups is 2. The SMILES string of the molecule is CCOC(=O)Nc1cc(C)cc(C)c1OC(C)=O. The molecule has 0 atom stereocenters. The number of esters is 1. The van der Waals surface area contributed by atoms with Crippen LogP contribution in [0.2, 0.25) is 0 Å². The lowest BCUT2D eigenvalue weighted by Crippen LogP contribution is -2.15. The quantitative estimate of drug-likeness (QED) is 0.662. The number of hydrogen-bond acceptors (Lipinski definition) is 4. The summed E-state index contributed by atoms with van der Waals surface area (Å²) in [4.78, 5) is 22.4. The molecule has 0 saturated heterocycles. The van der Waals surface area contributed by atoms with E-state index in [-0.39, 0.29) is 6.61 Å². The molecule has 0 bridgehead atoms. The summed E-state index contributed by atoms with van der Waals surface area (Å²) in [7, 11) is 0. The van der Waals surface area contributed by atoms with Crippen molar-refractivity contribution in [1.82, 2.24) is 0 Å². The predicted octanol–water partition coefficient (Wildman–Crippen LogP) is 2.80. The fourth-order valence-corrected chi connectivity index (χ4v) is 1.60. The molecule has 0 aromatic heterocycles. The largest absolute Gasteiger partial charge is 0.450 e. The smallest absolute Gasteiger partial charge is 0.411 e. The van der Waals surface area contributed by atoms with Crippen LogP contribution >= 0.6 is 0 Å². The van der Waals surface area contributed by atoms with Crippen molar-refractivity contribution in [3.63, 3.8) is 0 Å². The predicted molar refractivity (Wildman–Crippen MR) is 67.9 cm³/mol. The van der Waals surface area contributed by atoms with Crippen LogP contribution in [0, 0.1) is 13.8 Å². The maximum Gasteiger partial charge on any atom is 0.411 e. The van der Waals surface area contributed by atoms with Gasteiger partial charge in [0.2, 0.25) is 0 Å². The number of carbonyl (C=O) groups excluding carboxylic acids is 2. The number of amides is 1. The van der Waals surface area contributed by atoms with Gasteiger partial charge in [-0.05, 0) is 38.0 Å². The Morgan fingerprint density at radius 2 is 1.94 bits per heavy atom. The van der Waals surface area contributed by atoms with Crippen LogP contribution < -0.4 is 10.1 Å². The van der Waals surface area contributed by atoms with Crippen LogP contribution in [-0.4, -0.2) is 18.7 Å². The molecule has 98 valence electrons. The van der Waals surface area contributed by atoms with E-state index in [2.05, 4.69) is 5.32 Å². The zero-order valence-electron chi connectivity index (χ0n) is 11.0. The van der Waals surface area contributed by atoms with Crippen LogP contribution in [0.5, 0.6) is 5.75 Å². The topological polar surface area (TPSA) is 64.6 Å². The van der Waals surface area contributed by atoms with Gasteiger partial charge in [-0.25, -0.2) is 4.79 Å². The van der Waals surface area contributed by atoms with Crippen molar-refractivity contribution in [2.24, 2.45) is 0 Å². The number of hydrogen-bond donors (Lipinski definition) is 1. The summed E-state index contributed by atoms with van der Waals surface area (Å²) in [5.74, 6) is -0.0879. The van der Waals surface area contributed by atoms with Gasteiger partial charge in [-0.1, -0.05) is 6.07 Å². The van der Waals surface area contributed by atoms with Gasteiger partial charge >= 0.3 is 12.1 Å². The number of benzene rings is 1. The number of nitrogens with one attached hydrogen (secondary N) is 1. The van der Waals surface area contributed by atoms with Gasteiger partial charge in [0.15, 0.2) is 5.75 Å². The van der Waals surface area contributed by atoms with E-state index in [1.54, 1.807) is 13.0 Å². The molecule has 1 N–H and O–H groups in total. The van der Waals surface area contributed by atoms with Gasteiger partial charge in [0.1, 0.15) is 0 Å². The lowest BCUT2D eigenvalue weighted by Gasteiger charge is -2.13. The van der Waals surface area contributed by atoms with E-state index in [1.807, 2.05) is 19.9 Å². The van der Waals surface area contributed by atoms with Gasteiger partial charge in [0.25, 0.3) is 0 Å². The molecule has 1 aromatic carbocycles. The summed E-state index contributed by atoms with van der Waals surface area (Å²) in [5.41, 5.74) is 2.16. The van der Waals surface area contributed by atoms with Crippen molar-refractivity contribution >= 4 is 17.7 Å². The van der Waals surface area contributed by atoms with Crippen molar-refractivity contribution < 1.29 is 19.1 Å². The van der Waals surface area contributed by atoms with Gasteiger partial charge < -0.3 is 9.47 Å². The molecule has 0 heterocycles. The maximum absolute atomic E-state index is 11.4. The molecule has 0 aliphatic rings. The van der Waals surface area contributed by atoms with Crippen LogP contribution in [-0.2, 0) is 9.53 Å².